The molecule has 0 heterocycles. The van der Waals surface area contributed by atoms with Gasteiger partial charge in [-0.3, -0.25) is 9.59 Å². The maximum atomic E-state index is 12.4. The molecule has 0 unspecified atom stereocenters. The van der Waals surface area contributed by atoms with E-state index in [1.54, 1.807) is 17.9 Å². The Kier molecular flexibility index (Phi) is 6.10. The van der Waals surface area contributed by atoms with E-state index in [4.69, 9.17) is 5.11 Å². The normalized spacial score (nSPS) is 10.2. The van der Waals surface area contributed by atoms with Crippen LogP contribution in [-0.4, -0.2) is 59.4 Å². The number of hydrogen-bond acceptors (Lipinski definition) is 3. The van der Waals surface area contributed by atoms with Gasteiger partial charge in [0.1, 0.15) is 0 Å². The molecule has 120 valence electrons. The first-order valence-electron chi connectivity index (χ1n) is 7.18. The van der Waals surface area contributed by atoms with Crippen molar-refractivity contribution in [2.24, 2.45) is 0 Å². The number of carbonyl (C=O) groups excluding carboxylic acids is 2. The predicted molar refractivity (Wildman–Crippen MR) is 83.0 cm³/mol. The Morgan fingerprint density at radius 1 is 1.05 bits per heavy atom. The number of hydrogen-bond donors (Lipinski definition) is 1. The molecule has 0 aliphatic rings. The van der Waals surface area contributed by atoms with Gasteiger partial charge in [0, 0.05) is 25.7 Å². The zero-order valence-corrected chi connectivity index (χ0v) is 13.4. The van der Waals surface area contributed by atoms with Crippen molar-refractivity contribution in [3.63, 3.8) is 0 Å². The minimum atomic E-state index is -1.08. The summed E-state index contributed by atoms with van der Waals surface area (Å²) in [7, 11) is 1.53. The Hall–Kier alpha value is -2.37. The summed E-state index contributed by atoms with van der Waals surface area (Å²) in [5.41, 5.74) is 1.02. The van der Waals surface area contributed by atoms with E-state index < -0.39 is 5.97 Å². The summed E-state index contributed by atoms with van der Waals surface area (Å²) in [6, 6.07) is 4.45. The highest BCUT2D eigenvalue weighted by atomic mass is 16.4. The lowest BCUT2D eigenvalue weighted by molar-refractivity contribution is -0.131. The molecule has 0 saturated carbocycles. The molecule has 1 rings (SSSR count). The van der Waals surface area contributed by atoms with Crippen molar-refractivity contribution in [2.45, 2.75) is 20.8 Å². The van der Waals surface area contributed by atoms with Gasteiger partial charge in [-0.15, -0.1) is 0 Å². The van der Waals surface area contributed by atoms with Gasteiger partial charge in [0.05, 0.1) is 12.1 Å². The van der Waals surface area contributed by atoms with Gasteiger partial charge in [0.2, 0.25) is 5.91 Å². The van der Waals surface area contributed by atoms with Gasteiger partial charge in [-0.25, -0.2) is 4.79 Å². The van der Waals surface area contributed by atoms with Crippen molar-refractivity contribution >= 4 is 17.8 Å². The summed E-state index contributed by atoms with van der Waals surface area (Å²) in [6.07, 6.45) is 0. The van der Waals surface area contributed by atoms with E-state index in [-0.39, 0.29) is 29.5 Å². The lowest BCUT2D eigenvalue weighted by atomic mass is 10.1. The molecular formula is C16H22N2O4. The summed E-state index contributed by atoms with van der Waals surface area (Å²) >= 11 is 0. The molecule has 0 radical (unpaired) electrons. The number of benzene rings is 1. The lowest BCUT2D eigenvalue weighted by Gasteiger charge is -2.23. The van der Waals surface area contributed by atoms with E-state index in [9.17, 15) is 14.4 Å². The monoisotopic (exact) mass is 306 g/mol. The quantitative estimate of drug-likeness (QED) is 0.866. The van der Waals surface area contributed by atoms with Crippen molar-refractivity contribution < 1.29 is 19.5 Å². The van der Waals surface area contributed by atoms with Crippen LogP contribution in [0.2, 0.25) is 0 Å². The fourth-order valence-corrected chi connectivity index (χ4v) is 2.20. The molecular weight excluding hydrogens is 284 g/mol. The van der Waals surface area contributed by atoms with Gasteiger partial charge in [-0.05, 0) is 44.5 Å². The van der Waals surface area contributed by atoms with Gasteiger partial charge in [-0.2, -0.15) is 0 Å². The topological polar surface area (TPSA) is 77.9 Å². The standard InChI is InChI=1S/C16H22N2O4/c1-5-18(6-2)14(19)10-17(4)15(20)12-7-11(3)8-13(9-12)16(21)22/h7-9H,5-6,10H2,1-4H3,(H,21,22). The molecule has 0 fully saturated rings. The number of carbonyl (C=O) groups is 3. The molecule has 0 aromatic heterocycles. The van der Waals surface area contributed by atoms with E-state index in [1.807, 2.05) is 13.8 Å². The second-order valence-electron chi connectivity index (χ2n) is 5.12. The molecule has 6 heteroatoms. The van der Waals surface area contributed by atoms with Gasteiger partial charge in [0.15, 0.2) is 0 Å². The number of carboxylic acids is 1. The van der Waals surface area contributed by atoms with E-state index >= 15 is 0 Å². The van der Waals surface area contributed by atoms with Crippen LogP contribution in [0.5, 0.6) is 0 Å². The van der Waals surface area contributed by atoms with Crippen LogP contribution in [0.4, 0.5) is 0 Å². The van der Waals surface area contributed by atoms with Crippen LogP contribution >= 0.6 is 0 Å². The van der Waals surface area contributed by atoms with Crippen molar-refractivity contribution in [3.8, 4) is 0 Å². The first-order valence-corrected chi connectivity index (χ1v) is 7.18. The molecule has 2 amide bonds. The van der Waals surface area contributed by atoms with Crippen LogP contribution in [0.3, 0.4) is 0 Å². The Morgan fingerprint density at radius 3 is 2.09 bits per heavy atom. The third-order valence-corrected chi connectivity index (χ3v) is 3.41. The van der Waals surface area contributed by atoms with Gasteiger partial charge >= 0.3 is 5.97 Å². The molecule has 0 aliphatic heterocycles. The summed E-state index contributed by atoms with van der Waals surface area (Å²) in [5.74, 6) is -1.58. The minimum absolute atomic E-state index is 0.0309. The average molecular weight is 306 g/mol. The largest absolute Gasteiger partial charge is 0.478 e. The predicted octanol–water partition coefficient (Wildman–Crippen LogP) is 1.63. The van der Waals surface area contributed by atoms with Crippen molar-refractivity contribution in [1.82, 2.24) is 9.80 Å². The smallest absolute Gasteiger partial charge is 0.335 e. The molecule has 1 aromatic rings. The van der Waals surface area contributed by atoms with Crippen molar-refractivity contribution in [2.75, 3.05) is 26.7 Å². The van der Waals surface area contributed by atoms with E-state index in [2.05, 4.69) is 0 Å². The highest BCUT2D eigenvalue weighted by Gasteiger charge is 2.19. The molecule has 0 bridgehead atoms. The third kappa shape index (κ3) is 4.31. The maximum absolute atomic E-state index is 12.4. The molecule has 0 saturated heterocycles. The Balaban J connectivity index is 2.91. The van der Waals surface area contributed by atoms with Crippen molar-refractivity contribution in [3.05, 3.63) is 34.9 Å². The van der Waals surface area contributed by atoms with Crippen molar-refractivity contribution in [1.29, 1.82) is 0 Å². The first-order chi connectivity index (χ1) is 10.3. The van der Waals surface area contributed by atoms with Gasteiger partial charge in [-0.1, -0.05) is 0 Å². The number of nitrogens with zero attached hydrogens (tertiary/aromatic N) is 2. The fourth-order valence-electron chi connectivity index (χ4n) is 2.20. The van der Waals surface area contributed by atoms with E-state index in [0.29, 0.717) is 18.7 Å². The molecule has 1 aromatic carbocycles. The molecule has 0 aliphatic carbocycles. The van der Waals surface area contributed by atoms with Crippen LogP contribution in [-0.2, 0) is 4.79 Å². The number of likely N-dealkylation sites (N-methyl/N-ethyl adjacent to an activating group) is 2. The number of aromatic carboxylic acids is 1. The molecule has 22 heavy (non-hydrogen) atoms. The SMILES string of the molecule is CCN(CC)C(=O)CN(C)C(=O)c1cc(C)cc(C(=O)O)c1. The molecule has 1 N–H and O–H groups in total. The average Bonchev–Trinajstić information content (AvgIpc) is 2.46. The maximum Gasteiger partial charge on any atom is 0.335 e. The molecule has 0 atom stereocenters. The molecule has 0 spiro atoms. The second-order valence-corrected chi connectivity index (χ2v) is 5.12. The Labute approximate surface area is 130 Å². The number of aryl methyl sites for hydroxylation is 1. The second kappa shape index (κ2) is 7.59. The first kappa shape index (κ1) is 17.7. The number of carboxylic acid groups (broad SMARTS) is 1. The molecule has 6 nitrogen and oxygen atoms in total. The van der Waals surface area contributed by atoms with Gasteiger partial charge in [0.25, 0.3) is 5.91 Å². The van der Waals surface area contributed by atoms with Crippen LogP contribution in [0.15, 0.2) is 18.2 Å². The van der Waals surface area contributed by atoms with Gasteiger partial charge < -0.3 is 14.9 Å². The van der Waals surface area contributed by atoms with Crippen LogP contribution in [0, 0.1) is 6.92 Å². The fraction of sp³-hybridized carbons (Fsp3) is 0.438. The number of rotatable bonds is 6. The summed E-state index contributed by atoms with van der Waals surface area (Å²) in [5, 5.41) is 9.05. The highest BCUT2D eigenvalue weighted by Crippen LogP contribution is 2.12. The minimum Gasteiger partial charge on any atom is -0.478 e. The van der Waals surface area contributed by atoms with E-state index in [1.165, 1.54) is 24.1 Å². The summed E-state index contributed by atoms with van der Waals surface area (Å²) < 4.78 is 0. The number of amides is 2. The zero-order valence-electron chi connectivity index (χ0n) is 13.4. The Bertz CT molecular complexity index is 580. The summed E-state index contributed by atoms with van der Waals surface area (Å²) in [4.78, 5) is 38.4. The van der Waals surface area contributed by atoms with E-state index in [0.717, 1.165) is 0 Å². The summed E-state index contributed by atoms with van der Waals surface area (Å²) in [6.45, 7) is 6.63. The highest BCUT2D eigenvalue weighted by molar-refractivity contribution is 5.99. The third-order valence-electron chi connectivity index (χ3n) is 3.41. The lowest BCUT2D eigenvalue weighted by Crippen LogP contribution is -2.41. The zero-order chi connectivity index (χ0) is 16.9. The Morgan fingerprint density at radius 2 is 1.59 bits per heavy atom. The van der Waals surface area contributed by atoms with Crippen LogP contribution in [0.1, 0.15) is 40.1 Å². The van der Waals surface area contributed by atoms with Crippen LogP contribution in [0.25, 0.3) is 0 Å². The van der Waals surface area contributed by atoms with Crippen LogP contribution < -0.4 is 0 Å².